The summed E-state index contributed by atoms with van der Waals surface area (Å²) in [5, 5.41) is 6.26. The minimum absolute atomic E-state index is 0. The van der Waals surface area contributed by atoms with Gasteiger partial charge < -0.3 is 15.4 Å². The Bertz CT molecular complexity index is 512. The maximum Gasteiger partial charge on any atom is 0.225 e. The van der Waals surface area contributed by atoms with Gasteiger partial charge in [-0.15, -0.1) is 12.4 Å². The predicted molar refractivity (Wildman–Crippen MR) is 97.6 cm³/mol. The number of halogens is 1. The van der Waals surface area contributed by atoms with E-state index in [0.29, 0.717) is 5.92 Å². The van der Waals surface area contributed by atoms with Crippen molar-refractivity contribution in [2.75, 3.05) is 39.8 Å². The quantitative estimate of drug-likeness (QED) is 0.816. The molecule has 24 heavy (non-hydrogen) atoms. The Morgan fingerprint density at radius 1 is 1.25 bits per heavy atom. The number of ether oxygens (including phenoxy) is 1. The average molecular weight is 354 g/mol. The summed E-state index contributed by atoms with van der Waals surface area (Å²) in [6.45, 7) is 5.73. The molecule has 2 heterocycles. The topological polar surface area (TPSA) is 53.6 Å². The van der Waals surface area contributed by atoms with E-state index in [2.05, 4.69) is 27.7 Å². The molecule has 2 aliphatic rings. The molecule has 0 saturated carbocycles. The van der Waals surface area contributed by atoms with Gasteiger partial charge in [-0.1, -0.05) is 12.1 Å². The maximum absolute atomic E-state index is 11.9. The van der Waals surface area contributed by atoms with E-state index in [4.69, 9.17) is 4.74 Å². The van der Waals surface area contributed by atoms with Gasteiger partial charge in [-0.3, -0.25) is 9.69 Å². The standard InChI is InChI=1S/C18H27N3O2.ClH/c1-23-17-4-2-15(3-5-17)13-21-8-6-14(7-9-21)10-20-18(22)16-11-19-12-16;/h2-5,14,16,19H,6-13H2,1H3,(H,20,22);1H. The third-order valence-electron chi connectivity index (χ3n) is 4.99. The van der Waals surface area contributed by atoms with Gasteiger partial charge in [0.1, 0.15) is 5.75 Å². The van der Waals surface area contributed by atoms with Gasteiger partial charge in [-0.05, 0) is 49.5 Å². The Kier molecular flexibility index (Phi) is 7.34. The van der Waals surface area contributed by atoms with E-state index in [-0.39, 0.29) is 24.2 Å². The first-order chi connectivity index (χ1) is 11.2. The Balaban J connectivity index is 0.00000208. The number of nitrogens with zero attached hydrogens (tertiary/aromatic N) is 1. The summed E-state index contributed by atoms with van der Waals surface area (Å²) in [5.74, 6) is 1.96. The lowest BCUT2D eigenvalue weighted by Crippen LogP contribution is -2.51. The van der Waals surface area contributed by atoms with Crippen molar-refractivity contribution in [3.8, 4) is 5.75 Å². The summed E-state index contributed by atoms with van der Waals surface area (Å²) in [6.07, 6.45) is 2.33. The van der Waals surface area contributed by atoms with Crippen molar-refractivity contribution in [2.24, 2.45) is 11.8 Å². The molecule has 0 aliphatic carbocycles. The predicted octanol–water partition coefficient (Wildman–Crippen LogP) is 1.66. The fourth-order valence-corrected chi connectivity index (χ4v) is 3.20. The molecule has 134 valence electrons. The number of likely N-dealkylation sites (tertiary alicyclic amines) is 1. The van der Waals surface area contributed by atoms with E-state index in [1.165, 1.54) is 18.4 Å². The maximum atomic E-state index is 11.9. The molecule has 0 bridgehead atoms. The Labute approximate surface area is 150 Å². The lowest BCUT2D eigenvalue weighted by molar-refractivity contribution is -0.126. The molecule has 0 aromatic heterocycles. The fraction of sp³-hybridized carbons (Fsp3) is 0.611. The normalized spacial score (nSPS) is 19.2. The minimum Gasteiger partial charge on any atom is -0.497 e. The molecular formula is C18H28ClN3O2. The number of benzene rings is 1. The van der Waals surface area contributed by atoms with Crippen LogP contribution in [0.25, 0.3) is 0 Å². The molecule has 0 spiro atoms. The van der Waals surface area contributed by atoms with Crippen LogP contribution >= 0.6 is 12.4 Å². The molecule has 2 saturated heterocycles. The number of carbonyl (C=O) groups excluding carboxylic acids is 1. The summed E-state index contributed by atoms with van der Waals surface area (Å²) < 4.78 is 5.20. The number of piperidine rings is 1. The highest BCUT2D eigenvalue weighted by Gasteiger charge is 2.26. The summed E-state index contributed by atoms with van der Waals surface area (Å²) >= 11 is 0. The molecule has 2 N–H and O–H groups in total. The number of methoxy groups -OCH3 is 1. The van der Waals surface area contributed by atoms with Crippen molar-refractivity contribution in [1.29, 1.82) is 0 Å². The van der Waals surface area contributed by atoms with Crippen LogP contribution < -0.4 is 15.4 Å². The second-order valence-corrected chi connectivity index (χ2v) is 6.67. The summed E-state index contributed by atoms with van der Waals surface area (Å²) in [6, 6.07) is 8.31. The zero-order chi connectivity index (χ0) is 16.1. The highest BCUT2D eigenvalue weighted by molar-refractivity contribution is 5.85. The molecule has 0 radical (unpaired) electrons. The van der Waals surface area contributed by atoms with Crippen LogP contribution in [-0.2, 0) is 11.3 Å². The van der Waals surface area contributed by atoms with Crippen LogP contribution in [0.2, 0.25) is 0 Å². The molecule has 1 aromatic rings. The molecular weight excluding hydrogens is 326 g/mol. The molecule has 1 amide bonds. The molecule has 3 rings (SSSR count). The molecule has 0 atom stereocenters. The number of hydrogen-bond donors (Lipinski definition) is 2. The largest absolute Gasteiger partial charge is 0.497 e. The van der Waals surface area contributed by atoms with E-state index in [1.807, 2.05) is 12.1 Å². The SMILES string of the molecule is COc1ccc(CN2CCC(CNC(=O)C3CNC3)CC2)cc1.Cl. The van der Waals surface area contributed by atoms with E-state index in [1.54, 1.807) is 7.11 Å². The third kappa shape index (κ3) is 5.10. The molecule has 2 fully saturated rings. The lowest BCUT2D eigenvalue weighted by Gasteiger charge is -2.33. The van der Waals surface area contributed by atoms with Crippen molar-refractivity contribution < 1.29 is 9.53 Å². The highest BCUT2D eigenvalue weighted by atomic mass is 35.5. The fourth-order valence-electron chi connectivity index (χ4n) is 3.20. The number of carbonyl (C=O) groups is 1. The number of amides is 1. The van der Waals surface area contributed by atoms with E-state index in [9.17, 15) is 4.79 Å². The van der Waals surface area contributed by atoms with Crippen LogP contribution in [0.15, 0.2) is 24.3 Å². The molecule has 0 unspecified atom stereocenters. The highest BCUT2D eigenvalue weighted by Crippen LogP contribution is 2.20. The summed E-state index contributed by atoms with van der Waals surface area (Å²) in [4.78, 5) is 14.4. The van der Waals surface area contributed by atoms with Gasteiger partial charge in [0.25, 0.3) is 0 Å². The van der Waals surface area contributed by atoms with Crippen molar-refractivity contribution in [1.82, 2.24) is 15.5 Å². The zero-order valence-electron chi connectivity index (χ0n) is 14.3. The Morgan fingerprint density at radius 3 is 2.46 bits per heavy atom. The number of nitrogens with one attached hydrogen (secondary N) is 2. The van der Waals surface area contributed by atoms with Crippen molar-refractivity contribution in [3.63, 3.8) is 0 Å². The van der Waals surface area contributed by atoms with Crippen LogP contribution in [-0.4, -0.2) is 50.6 Å². The first-order valence-corrected chi connectivity index (χ1v) is 8.58. The first kappa shape index (κ1) is 19.0. The van der Waals surface area contributed by atoms with Crippen LogP contribution in [0.4, 0.5) is 0 Å². The van der Waals surface area contributed by atoms with E-state index >= 15 is 0 Å². The Hall–Kier alpha value is -1.30. The first-order valence-electron chi connectivity index (χ1n) is 8.58. The summed E-state index contributed by atoms with van der Waals surface area (Å²) in [7, 11) is 1.69. The van der Waals surface area contributed by atoms with Gasteiger partial charge in [-0.25, -0.2) is 0 Å². The molecule has 6 heteroatoms. The third-order valence-corrected chi connectivity index (χ3v) is 4.99. The van der Waals surface area contributed by atoms with Crippen LogP contribution in [0.5, 0.6) is 5.75 Å². The van der Waals surface area contributed by atoms with Crippen LogP contribution in [0.3, 0.4) is 0 Å². The van der Waals surface area contributed by atoms with E-state index < -0.39 is 0 Å². The van der Waals surface area contributed by atoms with Crippen LogP contribution in [0.1, 0.15) is 18.4 Å². The smallest absolute Gasteiger partial charge is 0.225 e. The van der Waals surface area contributed by atoms with Gasteiger partial charge in [0, 0.05) is 26.2 Å². The molecule has 1 aromatic carbocycles. The zero-order valence-corrected chi connectivity index (χ0v) is 15.1. The molecule has 2 aliphatic heterocycles. The second kappa shape index (κ2) is 9.25. The minimum atomic E-state index is 0. The van der Waals surface area contributed by atoms with Crippen molar-refractivity contribution in [2.45, 2.75) is 19.4 Å². The van der Waals surface area contributed by atoms with Gasteiger partial charge in [0.05, 0.1) is 13.0 Å². The van der Waals surface area contributed by atoms with Crippen LogP contribution in [0, 0.1) is 11.8 Å². The van der Waals surface area contributed by atoms with E-state index in [0.717, 1.165) is 45.0 Å². The number of hydrogen-bond acceptors (Lipinski definition) is 4. The number of rotatable bonds is 6. The van der Waals surface area contributed by atoms with Gasteiger partial charge in [-0.2, -0.15) is 0 Å². The van der Waals surface area contributed by atoms with Crippen molar-refractivity contribution in [3.05, 3.63) is 29.8 Å². The lowest BCUT2D eigenvalue weighted by atomic mass is 9.95. The van der Waals surface area contributed by atoms with Crippen molar-refractivity contribution >= 4 is 18.3 Å². The van der Waals surface area contributed by atoms with Gasteiger partial charge in [0.15, 0.2) is 0 Å². The summed E-state index contributed by atoms with van der Waals surface area (Å²) in [5.41, 5.74) is 1.33. The molecule has 5 nitrogen and oxygen atoms in total. The Morgan fingerprint density at radius 2 is 1.92 bits per heavy atom. The average Bonchev–Trinajstić information content (AvgIpc) is 2.53. The van der Waals surface area contributed by atoms with Gasteiger partial charge in [0.2, 0.25) is 5.91 Å². The second-order valence-electron chi connectivity index (χ2n) is 6.67. The van der Waals surface area contributed by atoms with Gasteiger partial charge >= 0.3 is 0 Å². The monoisotopic (exact) mass is 353 g/mol.